The predicted octanol–water partition coefficient (Wildman–Crippen LogP) is 3.50. The fourth-order valence-electron chi connectivity index (χ4n) is 2.67. The van der Waals surface area contributed by atoms with E-state index < -0.39 is 4.92 Å². The minimum absolute atomic E-state index is 0.0343. The average Bonchev–Trinajstić information content (AvgIpc) is 3.07. The lowest BCUT2D eigenvalue weighted by molar-refractivity contribution is -0.384. The van der Waals surface area contributed by atoms with Gasteiger partial charge in [0.05, 0.1) is 16.0 Å². The van der Waals surface area contributed by atoms with E-state index in [1.807, 2.05) is 24.3 Å². The Morgan fingerprint density at radius 1 is 1.25 bits per heavy atom. The lowest BCUT2D eigenvalue weighted by atomic mass is 10.2. The summed E-state index contributed by atoms with van der Waals surface area (Å²) in [5.41, 5.74) is 3.00. The highest BCUT2D eigenvalue weighted by Gasteiger charge is 2.13. The zero-order valence-corrected chi connectivity index (χ0v) is 15.0. The summed E-state index contributed by atoms with van der Waals surface area (Å²) in [6.07, 6.45) is 5.53. The normalized spacial score (nSPS) is 11.5. The van der Waals surface area contributed by atoms with Gasteiger partial charge < -0.3 is 4.98 Å². The molecule has 9 heteroatoms. The average molecular weight is 389 g/mol. The number of hydrogen-bond donors (Lipinski definition) is 2. The number of nitrogens with zero attached hydrogens (tertiary/aromatic N) is 3. The van der Waals surface area contributed by atoms with Crippen molar-refractivity contribution < 1.29 is 4.92 Å². The summed E-state index contributed by atoms with van der Waals surface area (Å²) in [6, 6.07) is 13.2. The van der Waals surface area contributed by atoms with Crippen LogP contribution in [0.3, 0.4) is 0 Å². The van der Waals surface area contributed by atoms with Crippen molar-refractivity contribution in [3.8, 4) is 12.3 Å². The maximum Gasteiger partial charge on any atom is 0.269 e. The minimum atomic E-state index is -0.491. The maximum atomic E-state index is 12.6. The molecule has 8 nitrogen and oxygen atoms in total. The van der Waals surface area contributed by atoms with Gasteiger partial charge in [-0.1, -0.05) is 18.2 Å². The Labute approximate surface area is 161 Å². The van der Waals surface area contributed by atoms with Gasteiger partial charge in [-0.2, -0.15) is 5.10 Å². The SMILES string of the molecule is C#CC(=NNc1ccc([N+](=O)[O-])cc1)c1nc2sc3ccccc3c2c(=O)[nH]1. The van der Waals surface area contributed by atoms with Gasteiger partial charge in [-0.15, -0.1) is 17.8 Å². The summed E-state index contributed by atoms with van der Waals surface area (Å²) in [7, 11) is 0. The van der Waals surface area contributed by atoms with Crippen LogP contribution in [0.5, 0.6) is 0 Å². The monoisotopic (exact) mass is 389 g/mol. The number of H-pyrrole nitrogens is 1. The van der Waals surface area contributed by atoms with Gasteiger partial charge in [-0.3, -0.25) is 20.3 Å². The van der Waals surface area contributed by atoms with E-state index in [4.69, 9.17) is 6.42 Å². The highest BCUT2D eigenvalue weighted by Crippen LogP contribution is 2.29. The molecule has 0 radical (unpaired) electrons. The Kier molecular flexibility index (Phi) is 4.31. The molecular weight excluding hydrogens is 378 g/mol. The molecule has 0 aliphatic carbocycles. The lowest BCUT2D eigenvalue weighted by Crippen LogP contribution is -2.15. The van der Waals surface area contributed by atoms with Gasteiger partial charge in [0.25, 0.3) is 11.2 Å². The summed E-state index contributed by atoms with van der Waals surface area (Å²) in [5.74, 6) is 2.56. The van der Waals surface area contributed by atoms with Crippen LogP contribution < -0.4 is 11.0 Å². The number of benzene rings is 2. The molecule has 28 heavy (non-hydrogen) atoms. The van der Waals surface area contributed by atoms with Crippen molar-refractivity contribution in [2.45, 2.75) is 0 Å². The van der Waals surface area contributed by atoms with Crippen LogP contribution in [0, 0.1) is 22.5 Å². The summed E-state index contributed by atoms with van der Waals surface area (Å²) < 4.78 is 0.954. The molecule has 2 aromatic carbocycles. The topological polar surface area (TPSA) is 113 Å². The number of aromatic nitrogens is 2. The Morgan fingerprint density at radius 2 is 2.00 bits per heavy atom. The maximum absolute atomic E-state index is 12.6. The number of anilines is 1. The molecule has 0 saturated carbocycles. The second-order valence-corrected chi connectivity index (χ2v) is 6.74. The first-order valence-corrected chi connectivity index (χ1v) is 8.85. The highest BCUT2D eigenvalue weighted by atomic mass is 32.1. The molecule has 0 bridgehead atoms. The minimum Gasteiger partial charge on any atom is -0.304 e. The fourth-order valence-corrected chi connectivity index (χ4v) is 3.75. The third-order valence-corrected chi connectivity index (χ3v) is 5.05. The molecule has 0 saturated heterocycles. The zero-order chi connectivity index (χ0) is 19.7. The van der Waals surface area contributed by atoms with Gasteiger partial charge in [0.1, 0.15) is 4.83 Å². The molecule has 2 heterocycles. The van der Waals surface area contributed by atoms with Crippen LogP contribution in [0.25, 0.3) is 20.3 Å². The van der Waals surface area contributed by atoms with Crippen molar-refractivity contribution >= 4 is 48.7 Å². The number of nitro benzene ring substituents is 1. The molecule has 0 amide bonds. The highest BCUT2D eigenvalue weighted by molar-refractivity contribution is 7.25. The van der Waals surface area contributed by atoms with Crippen LogP contribution in [0.2, 0.25) is 0 Å². The van der Waals surface area contributed by atoms with E-state index in [-0.39, 0.29) is 22.8 Å². The van der Waals surface area contributed by atoms with Gasteiger partial charge in [-0.25, -0.2) is 4.98 Å². The first-order chi connectivity index (χ1) is 13.6. The molecular formula is C19H11N5O3S. The summed E-state index contributed by atoms with van der Waals surface area (Å²) in [5, 5.41) is 16.2. The van der Waals surface area contributed by atoms with Crippen molar-refractivity contribution in [2.24, 2.45) is 5.10 Å². The first-order valence-electron chi connectivity index (χ1n) is 8.03. The van der Waals surface area contributed by atoms with Crippen molar-refractivity contribution in [3.05, 3.63) is 74.8 Å². The van der Waals surface area contributed by atoms with Gasteiger partial charge in [0, 0.05) is 22.2 Å². The van der Waals surface area contributed by atoms with Crippen LogP contribution >= 0.6 is 11.3 Å². The van der Waals surface area contributed by atoms with Gasteiger partial charge in [0.15, 0.2) is 11.5 Å². The molecule has 136 valence electrons. The quantitative estimate of drug-likeness (QED) is 0.240. The summed E-state index contributed by atoms with van der Waals surface area (Å²) >= 11 is 1.40. The number of rotatable bonds is 4. The molecule has 2 aromatic heterocycles. The number of aromatic amines is 1. The number of nitro groups is 1. The van der Waals surface area contributed by atoms with Gasteiger partial charge in [0.2, 0.25) is 0 Å². The molecule has 4 aromatic rings. The second-order valence-electron chi connectivity index (χ2n) is 5.71. The molecule has 0 unspecified atom stereocenters. The Morgan fingerprint density at radius 3 is 2.71 bits per heavy atom. The third-order valence-electron chi connectivity index (χ3n) is 3.99. The Bertz CT molecular complexity index is 1350. The molecule has 0 fully saturated rings. The van der Waals surface area contributed by atoms with Crippen molar-refractivity contribution in [2.75, 3.05) is 5.43 Å². The standard InChI is InChI=1S/C19H11N5O3S/c1-2-14(23-22-11-7-9-12(10-8-11)24(26)27)17-20-18(25)16-13-5-3-4-6-15(13)28-19(16)21-17/h1,3-10,22H,(H,20,21,25). The zero-order valence-electron chi connectivity index (χ0n) is 14.2. The van der Waals surface area contributed by atoms with Gasteiger partial charge >= 0.3 is 0 Å². The summed E-state index contributed by atoms with van der Waals surface area (Å²) in [4.78, 5) is 30.5. The van der Waals surface area contributed by atoms with E-state index in [9.17, 15) is 14.9 Å². The van der Waals surface area contributed by atoms with Gasteiger partial charge in [-0.05, 0) is 24.1 Å². The van der Waals surface area contributed by atoms with E-state index in [0.29, 0.717) is 15.9 Å². The van der Waals surface area contributed by atoms with Crippen LogP contribution in [0.1, 0.15) is 5.82 Å². The fraction of sp³-hybridized carbons (Fsp3) is 0. The van der Waals surface area contributed by atoms with Crippen molar-refractivity contribution in [3.63, 3.8) is 0 Å². The predicted molar refractivity (Wildman–Crippen MR) is 110 cm³/mol. The van der Waals surface area contributed by atoms with E-state index in [1.54, 1.807) is 0 Å². The number of fused-ring (bicyclic) bond motifs is 3. The number of hydrogen-bond acceptors (Lipinski definition) is 7. The van der Waals surface area contributed by atoms with Crippen LogP contribution in [0.15, 0.2) is 58.4 Å². The van der Waals surface area contributed by atoms with Crippen molar-refractivity contribution in [1.29, 1.82) is 0 Å². The number of terminal acetylenes is 1. The Hall–Kier alpha value is -4.03. The number of thiophene rings is 1. The molecule has 2 N–H and O–H groups in total. The van der Waals surface area contributed by atoms with E-state index in [0.717, 1.165) is 10.1 Å². The first kappa shape index (κ1) is 17.4. The number of nitrogens with one attached hydrogen (secondary N) is 2. The van der Waals surface area contributed by atoms with Crippen molar-refractivity contribution in [1.82, 2.24) is 9.97 Å². The van der Waals surface area contributed by atoms with E-state index in [2.05, 4.69) is 26.4 Å². The van der Waals surface area contributed by atoms with E-state index >= 15 is 0 Å². The molecule has 4 rings (SSSR count). The number of non-ortho nitro benzene ring substituents is 1. The van der Waals surface area contributed by atoms with Crippen LogP contribution in [0.4, 0.5) is 11.4 Å². The molecule has 0 spiro atoms. The summed E-state index contributed by atoms with van der Waals surface area (Å²) in [6.45, 7) is 0. The third kappa shape index (κ3) is 3.08. The smallest absolute Gasteiger partial charge is 0.269 e. The van der Waals surface area contributed by atoms with E-state index in [1.165, 1.54) is 35.6 Å². The molecule has 0 atom stereocenters. The molecule has 0 aliphatic heterocycles. The largest absolute Gasteiger partial charge is 0.304 e. The lowest BCUT2D eigenvalue weighted by Gasteiger charge is -2.02. The second kappa shape index (κ2) is 6.94. The number of hydrazone groups is 1. The molecule has 0 aliphatic rings. The van der Waals surface area contributed by atoms with Crippen LogP contribution in [-0.4, -0.2) is 20.6 Å². The van der Waals surface area contributed by atoms with Crippen LogP contribution in [-0.2, 0) is 0 Å². The Balaban J connectivity index is 1.71.